The number of carbonyl (C=O) groups is 3. The quantitative estimate of drug-likeness (QED) is 0.829. The third-order valence-electron chi connectivity index (χ3n) is 3.92. The zero-order valence-corrected chi connectivity index (χ0v) is 12.2. The lowest BCUT2D eigenvalue weighted by Gasteiger charge is -2.20. The first-order valence-electron chi connectivity index (χ1n) is 7.02. The molecule has 2 heterocycles. The van der Waals surface area contributed by atoms with Gasteiger partial charge in [0, 0.05) is 18.7 Å². The van der Waals surface area contributed by atoms with E-state index in [1.165, 1.54) is 0 Å². The molecule has 7 nitrogen and oxygen atoms in total. The van der Waals surface area contributed by atoms with Crippen LogP contribution >= 0.6 is 0 Å². The van der Waals surface area contributed by atoms with Crippen LogP contribution in [0.25, 0.3) is 0 Å². The van der Waals surface area contributed by atoms with E-state index in [9.17, 15) is 14.4 Å². The first kappa shape index (κ1) is 14.4. The summed E-state index contributed by atoms with van der Waals surface area (Å²) in [5.74, 6) is 0.131. The Labute approximate surface area is 127 Å². The molecule has 1 aromatic carbocycles. The molecule has 22 heavy (non-hydrogen) atoms. The van der Waals surface area contributed by atoms with E-state index < -0.39 is 6.09 Å². The van der Waals surface area contributed by atoms with Crippen LogP contribution < -0.4 is 4.74 Å². The predicted octanol–water partition coefficient (Wildman–Crippen LogP) is 0.888. The second-order valence-corrected chi connectivity index (χ2v) is 5.24. The van der Waals surface area contributed by atoms with E-state index in [-0.39, 0.29) is 24.5 Å². The van der Waals surface area contributed by atoms with E-state index in [0.717, 1.165) is 4.90 Å². The summed E-state index contributed by atoms with van der Waals surface area (Å²) >= 11 is 0. The minimum Gasteiger partial charge on any atom is -0.497 e. The standard InChI is InChI=1S/C15H16N2O5/c1-21-12-4-2-3-10(7-12)14(19)16-6-5-11(8-16)17-13(18)9-22-15(17)20/h2-4,7,11H,5-6,8-9H2,1H3. The molecule has 0 aliphatic carbocycles. The number of carbonyl (C=O) groups excluding carboxylic acids is 3. The zero-order chi connectivity index (χ0) is 15.7. The van der Waals surface area contributed by atoms with E-state index in [2.05, 4.69) is 0 Å². The number of hydrogen-bond acceptors (Lipinski definition) is 5. The SMILES string of the molecule is COc1cccc(C(=O)N2CCC(N3C(=O)COC3=O)C2)c1. The minimum absolute atomic E-state index is 0.138. The van der Waals surface area contributed by atoms with Crippen LogP contribution in [0.5, 0.6) is 5.75 Å². The minimum atomic E-state index is -0.620. The Morgan fingerprint density at radius 1 is 1.36 bits per heavy atom. The van der Waals surface area contributed by atoms with Gasteiger partial charge in [-0.05, 0) is 24.6 Å². The van der Waals surface area contributed by atoms with Crippen molar-refractivity contribution in [2.45, 2.75) is 12.5 Å². The molecule has 2 aliphatic heterocycles. The molecule has 2 aliphatic rings. The van der Waals surface area contributed by atoms with Gasteiger partial charge in [0.1, 0.15) is 5.75 Å². The average Bonchev–Trinajstić information content (AvgIpc) is 3.13. The lowest BCUT2D eigenvalue weighted by atomic mass is 10.2. The lowest BCUT2D eigenvalue weighted by Crippen LogP contribution is -2.42. The molecule has 1 atom stereocenters. The van der Waals surface area contributed by atoms with Crippen molar-refractivity contribution in [3.8, 4) is 5.75 Å². The summed E-state index contributed by atoms with van der Waals surface area (Å²) in [6.45, 7) is 0.619. The van der Waals surface area contributed by atoms with Crippen molar-refractivity contribution in [3.05, 3.63) is 29.8 Å². The van der Waals surface area contributed by atoms with Gasteiger partial charge >= 0.3 is 6.09 Å². The summed E-state index contributed by atoms with van der Waals surface area (Å²) in [7, 11) is 1.54. The molecule has 2 fully saturated rings. The second-order valence-electron chi connectivity index (χ2n) is 5.24. The largest absolute Gasteiger partial charge is 0.497 e. The number of cyclic esters (lactones) is 1. The monoisotopic (exact) mass is 304 g/mol. The third-order valence-corrected chi connectivity index (χ3v) is 3.92. The van der Waals surface area contributed by atoms with Gasteiger partial charge in [0.25, 0.3) is 11.8 Å². The van der Waals surface area contributed by atoms with Gasteiger partial charge in [0.05, 0.1) is 13.2 Å². The highest BCUT2D eigenvalue weighted by Crippen LogP contribution is 2.22. The van der Waals surface area contributed by atoms with Gasteiger partial charge in [-0.25, -0.2) is 9.69 Å². The number of nitrogens with zero attached hydrogens (tertiary/aromatic N) is 2. The van der Waals surface area contributed by atoms with Crippen LogP contribution in [0.4, 0.5) is 4.79 Å². The summed E-state index contributed by atoms with van der Waals surface area (Å²) in [4.78, 5) is 38.5. The zero-order valence-electron chi connectivity index (χ0n) is 12.2. The Morgan fingerprint density at radius 3 is 2.86 bits per heavy atom. The Hall–Kier alpha value is -2.57. The van der Waals surface area contributed by atoms with Crippen molar-refractivity contribution in [1.82, 2.24) is 9.80 Å². The highest BCUT2D eigenvalue weighted by atomic mass is 16.6. The van der Waals surface area contributed by atoms with Gasteiger partial charge < -0.3 is 14.4 Å². The van der Waals surface area contributed by atoms with Gasteiger partial charge in [0.15, 0.2) is 6.61 Å². The van der Waals surface area contributed by atoms with Crippen LogP contribution in [-0.2, 0) is 9.53 Å². The molecule has 3 amide bonds. The molecule has 0 aromatic heterocycles. The van der Waals surface area contributed by atoms with Crippen LogP contribution in [0.1, 0.15) is 16.8 Å². The van der Waals surface area contributed by atoms with Crippen LogP contribution in [0.3, 0.4) is 0 Å². The number of rotatable bonds is 3. The second kappa shape index (κ2) is 5.67. The molecule has 3 rings (SSSR count). The highest BCUT2D eigenvalue weighted by molar-refractivity contribution is 5.98. The maximum absolute atomic E-state index is 12.5. The summed E-state index contributed by atoms with van der Waals surface area (Å²) in [6.07, 6.45) is -0.0537. The van der Waals surface area contributed by atoms with E-state index in [4.69, 9.17) is 9.47 Å². The number of imide groups is 1. The number of likely N-dealkylation sites (tertiary alicyclic amines) is 1. The Balaban J connectivity index is 1.70. The molecular formula is C15H16N2O5. The predicted molar refractivity (Wildman–Crippen MR) is 75.5 cm³/mol. The van der Waals surface area contributed by atoms with E-state index in [0.29, 0.717) is 30.8 Å². The Bertz CT molecular complexity index is 614. The van der Waals surface area contributed by atoms with Gasteiger partial charge in [-0.15, -0.1) is 0 Å². The molecule has 116 valence electrons. The van der Waals surface area contributed by atoms with Crippen molar-refractivity contribution in [2.75, 3.05) is 26.8 Å². The van der Waals surface area contributed by atoms with Gasteiger partial charge in [0.2, 0.25) is 0 Å². The van der Waals surface area contributed by atoms with Crippen LogP contribution in [-0.4, -0.2) is 60.6 Å². The van der Waals surface area contributed by atoms with E-state index in [1.807, 2.05) is 0 Å². The fourth-order valence-corrected chi connectivity index (χ4v) is 2.79. The Morgan fingerprint density at radius 2 is 2.18 bits per heavy atom. The van der Waals surface area contributed by atoms with Crippen molar-refractivity contribution < 1.29 is 23.9 Å². The first-order valence-corrected chi connectivity index (χ1v) is 7.02. The van der Waals surface area contributed by atoms with Gasteiger partial charge in [-0.1, -0.05) is 6.07 Å². The van der Waals surface area contributed by atoms with E-state index in [1.54, 1.807) is 36.3 Å². The molecule has 7 heteroatoms. The van der Waals surface area contributed by atoms with Crippen LogP contribution in [0.2, 0.25) is 0 Å². The topological polar surface area (TPSA) is 76.2 Å². The molecule has 0 saturated carbocycles. The van der Waals surface area contributed by atoms with Crippen molar-refractivity contribution >= 4 is 17.9 Å². The summed E-state index contributed by atoms with van der Waals surface area (Å²) in [5, 5.41) is 0. The Kier molecular flexibility index (Phi) is 3.70. The van der Waals surface area contributed by atoms with E-state index >= 15 is 0 Å². The molecular weight excluding hydrogens is 288 g/mol. The summed E-state index contributed by atoms with van der Waals surface area (Å²) < 4.78 is 9.83. The van der Waals surface area contributed by atoms with Gasteiger partial charge in [-0.2, -0.15) is 0 Å². The van der Waals surface area contributed by atoms with Crippen molar-refractivity contribution in [2.24, 2.45) is 0 Å². The smallest absolute Gasteiger partial charge is 0.417 e. The fourth-order valence-electron chi connectivity index (χ4n) is 2.79. The van der Waals surface area contributed by atoms with Crippen LogP contribution in [0, 0.1) is 0 Å². The highest BCUT2D eigenvalue weighted by Gasteiger charge is 2.41. The summed E-state index contributed by atoms with van der Waals surface area (Å²) in [5.41, 5.74) is 0.523. The number of methoxy groups -OCH3 is 1. The lowest BCUT2D eigenvalue weighted by molar-refractivity contribution is -0.127. The van der Waals surface area contributed by atoms with Crippen LogP contribution in [0.15, 0.2) is 24.3 Å². The maximum atomic E-state index is 12.5. The average molecular weight is 304 g/mol. The van der Waals surface area contributed by atoms with Crippen molar-refractivity contribution in [3.63, 3.8) is 0 Å². The number of amides is 3. The molecule has 2 saturated heterocycles. The normalized spacial score (nSPS) is 21.2. The molecule has 1 aromatic rings. The number of hydrogen-bond donors (Lipinski definition) is 0. The third kappa shape index (κ3) is 2.49. The molecule has 1 unspecified atom stereocenters. The van der Waals surface area contributed by atoms with Gasteiger partial charge in [-0.3, -0.25) is 9.59 Å². The molecule has 0 spiro atoms. The maximum Gasteiger partial charge on any atom is 0.417 e. The fraction of sp³-hybridized carbons (Fsp3) is 0.400. The number of ether oxygens (including phenoxy) is 2. The first-order chi connectivity index (χ1) is 10.6. The van der Waals surface area contributed by atoms with Crippen molar-refractivity contribution in [1.29, 1.82) is 0 Å². The molecule has 0 radical (unpaired) electrons. The summed E-state index contributed by atoms with van der Waals surface area (Å²) in [6, 6.07) is 6.60. The molecule has 0 bridgehead atoms. The number of benzene rings is 1. The molecule has 0 N–H and O–H groups in total.